The molecule has 3 aromatic rings. The molecular formula is C21H16ClF3NO3S. The van der Waals surface area contributed by atoms with Gasteiger partial charge in [0.15, 0.2) is 0 Å². The third-order valence-electron chi connectivity index (χ3n) is 4.21. The van der Waals surface area contributed by atoms with Crippen LogP contribution in [0.25, 0.3) is 0 Å². The van der Waals surface area contributed by atoms with E-state index in [9.17, 15) is 21.6 Å². The van der Waals surface area contributed by atoms with Gasteiger partial charge in [0.25, 0.3) is 0 Å². The van der Waals surface area contributed by atoms with Crippen molar-refractivity contribution in [1.82, 2.24) is 4.31 Å². The number of hydrogen-bond donors (Lipinski definition) is 0. The zero-order valence-corrected chi connectivity index (χ0v) is 17.2. The molecule has 0 aliphatic rings. The standard InChI is InChI=1S/C21H16ClF3NO3S/c1-26(30(27,28)19-10-8-17(22)9-11-19)14-15-13-16(21(23,24)25)7-12-20(15)29-18-5-3-2-4-6-18/h2-3,5-13H,14H2,1H3. The van der Waals surface area contributed by atoms with E-state index < -0.39 is 21.8 Å². The first-order valence-corrected chi connectivity index (χ1v) is 10.4. The largest absolute Gasteiger partial charge is 0.457 e. The van der Waals surface area contributed by atoms with E-state index in [1.807, 2.05) is 0 Å². The average Bonchev–Trinajstić information content (AvgIpc) is 2.69. The number of rotatable bonds is 6. The van der Waals surface area contributed by atoms with Gasteiger partial charge in [-0.1, -0.05) is 23.7 Å². The van der Waals surface area contributed by atoms with E-state index >= 15 is 0 Å². The molecule has 30 heavy (non-hydrogen) atoms. The maximum Gasteiger partial charge on any atom is 0.416 e. The van der Waals surface area contributed by atoms with Crippen molar-refractivity contribution < 1.29 is 26.3 Å². The lowest BCUT2D eigenvalue weighted by Gasteiger charge is -2.20. The van der Waals surface area contributed by atoms with E-state index in [1.165, 1.54) is 43.4 Å². The SMILES string of the molecule is CN(Cc1cc(C(F)(F)F)ccc1Oc1c[c]ccc1)S(=O)(=O)c1ccc(Cl)cc1. The van der Waals surface area contributed by atoms with Crippen LogP contribution in [0.5, 0.6) is 11.5 Å². The molecule has 0 N–H and O–H groups in total. The fourth-order valence-corrected chi connectivity index (χ4v) is 3.93. The van der Waals surface area contributed by atoms with Crippen LogP contribution in [0.4, 0.5) is 13.2 Å². The molecule has 0 aliphatic heterocycles. The molecule has 3 aromatic carbocycles. The van der Waals surface area contributed by atoms with Crippen LogP contribution < -0.4 is 4.74 Å². The van der Waals surface area contributed by atoms with Gasteiger partial charge >= 0.3 is 6.18 Å². The summed E-state index contributed by atoms with van der Waals surface area (Å²) in [6, 6.07) is 17.7. The maximum atomic E-state index is 13.2. The van der Waals surface area contributed by atoms with Crippen molar-refractivity contribution in [2.24, 2.45) is 0 Å². The Morgan fingerprint density at radius 3 is 2.40 bits per heavy atom. The highest BCUT2D eigenvalue weighted by atomic mass is 35.5. The number of alkyl halides is 3. The Morgan fingerprint density at radius 1 is 1.10 bits per heavy atom. The van der Waals surface area contributed by atoms with Gasteiger partial charge in [-0.2, -0.15) is 17.5 Å². The molecule has 0 atom stereocenters. The van der Waals surface area contributed by atoms with Gasteiger partial charge in [0.05, 0.1) is 10.5 Å². The number of hydrogen-bond acceptors (Lipinski definition) is 3. The van der Waals surface area contributed by atoms with E-state index in [-0.39, 0.29) is 22.8 Å². The molecule has 3 rings (SSSR count). The Hall–Kier alpha value is -2.55. The van der Waals surface area contributed by atoms with Crippen molar-refractivity contribution in [3.05, 3.63) is 88.9 Å². The predicted molar refractivity (Wildman–Crippen MR) is 107 cm³/mol. The molecule has 0 heterocycles. The van der Waals surface area contributed by atoms with Crippen molar-refractivity contribution in [2.45, 2.75) is 17.6 Å². The van der Waals surface area contributed by atoms with Gasteiger partial charge in [-0.15, -0.1) is 0 Å². The first-order chi connectivity index (χ1) is 14.1. The summed E-state index contributed by atoms with van der Waals surface area (Å²) < 4.78 is 71.9. The Kier molecular flexibility index (Phi) is 6.40. The second-order valence-corrected chi connectivity index (χ2v) is 8.86. The van der Waals surface area contributed by atoms with Crippen LogP contribution in [0.1, 0.15) is 11.1 Å². The number of halogens is 4. The van der Waals surface area contributed by atoms with E-state index in [1.54, 1.807) is 18.2 Å². The average molecular weight is 455 g/mol. The van der Waals surface area contributed by atoms with Gasteiger partial charge in [0.2, 0.25) is 10.0 Å². The molecular weight excluding hydrogens is 439 g/mol. The molecule has 0 saturated carbocycles. The monoisotopic (exact) mass is 454 g/mol. The van der Waals surface area contributed by atoms with E-state index in [4.69, 9.17) is 16.3 Å². The lowest BCUT2D eigenvalue weighted by molar-refractivity contribution is -0.137. The Balaban J connectivity index is 1.96. The van der Waals surface area contributed by atoms with Gasteiger partial charge in [-0.05, 0) is 60.7 Å². The summed E-state index contributed by atoms with van der Waals surface area (Å²) >= 11 is 5.79. The summed E-state index contributed by atoms with van der Waals surface area (Å²) in [5, 5.41) is 0.366. The first-order valence-electron chi connectivity index (χ1n) is 8.63. The summed E-state index contributed by atoms with van der Waals surface area (Å²) in [6.07, 6.45) is -4.58. The Bertz CT molecular complexity index is 1120. The van der Waals surface area contributed by atoms with Crippen molar-refractivity contribution in [1.29, 1.82) is 0 Å². The molecule has 0 aromatic heterocycles. The molecule has 0 amide bonds. The fourth-order valence-electron chi connectivity index (χ4n) is 2.66. The Morgan fingerprint density at radius 2 is 1.80 bits per heavy atom. The van der Waals surface area contributed by atoms with Crippen molar-refractivity contribution in [2.75, 3.05) is 7.05 Å². The van der Waals surface area contributed by atoms with Gasteiger partial charge in [-0.3, -0.25) is 0 Å². The zero-order chi connectivity index (χ0) is 21.9. The van der Waals surface area contributed by atoms with Gasteiger partial charge in [0.1, 0.15) is 11.5 Å². The second kappa shape index (κ2) is 8.67. The van der Waals surface area contributed by atoms with Crippen LogP contribution in [-0.4, -0.2) is 19.8 Å². The van der Waals surface area contributed by atoms with Crippen molar-refractivity contribution in [3.8, 4) is 11.5 Å². The van der Waals surface area contributed by atoms with Gasteiger partial charge in [0, 0.05) is 24.2 Å². The molecule has 157 valence electrons. The normalized spacial score (nSPS) is 12.2. The highest BCUT2D eigenvalue weighted by Gasteiger charge is 2.32. The molecule has 0 unspecified atom stereocenters. The first kappa shape index (κ1) is 22.1. The number of benzene rings is 3. The number of ether oxygens (including phenoxy) is 1. The summed E-state index contributed by atoms with van der Waals surface area (Å²) in [5.41, 5.74) is -0.838. The van der Waals surface area contributed by atoms with Crippen LogP contribution in [0, 0.1) is 6.07 Å². The molecule has 0 aliphatic carbocycles. The van der Waals surface area contributed by atoms with Crippen LogP contribution >= 0.6 is 11.6 Å². The molecule has 9 heteroatoms. The molecule has 0 spiro atoms. The van der Waals surface area contributed by atoms with E-state index in [0.29, 0.717) is 10.8 Å². The van der Waals surface area contributed by atoms with E-state index in [0.717, 1.165) is 16.4 Å². The van der Waals surface area contributed by atoms with Crippen LogP contribution in [0.2, 0.25) is 5.02 Å². The fraction of sp³-hybridized carbons (Fsp3) is 0.143. The van der Waals surface area contributed by atoms with Crippen molar-refractivity contribution in [3.63, 3.8) is 0 Å². The summed E-state index contributed by atoms with van der Waals surface area (Å²) in [4.78, 5) is -0.0264. The van der Waals surface area contributed by atoms with Crippen LogP contribution in [0.15, 0.2) is 71.6 Å². The lowest BCUT2D eigenvalue weighted by Crippen LogP contribution is -2.26. The van der Waals surface area contributed by atoms with Gasteiger partial charge in [-0.25, -0.2) is 8.42 Å². The highest BCUT2D eigenvalue weighted by molar-refractivity contribution is 7.89. The highest BCUT2D eigenvalue weighted by Crippen LogP contribution is 2.35. The quantitative estimate of drug-likeness (QED) is 0.475. The molecule has 0 fully saturated rings. The minimum Gasteiger partial charge on any atom is -0.457 e. The smallest absolute Gasteiger partial charge is 0.416 e. The third kappa shape index (κ3) is 5.13. The molecule has 1 radical (unpaired) electrons. The number of nitrogens with zero attached hydrogens (tertiary/aromatic N) is 1. The van der Waals surface area contributed by atoms with E-state index in [2.05, 4.69) is 6.07 Å². The second-order valence-electron chi connectivity index (χ2n) is 6.38. The number of sulfonamides is 1. The Labute approximate surface area is 177 Å². The zero-order valence-electron chi connectivity index (χ0n) is 15.7. The molecule has 4 nitrogen and oxygen atoms in total. The lowest BCUT2D eigenvalue weighted by atomic mass is 10.1. The van der Waals surface area contributed by atoms with Crippen LogP contribution in [-0.2, 0) is 22.7 Å². The molecule has 0 saturated heterocycles. The molecule has 0 bridgehead atoms. The minimum atomic E-state index is -4.58. The maximum absolute atomic E-state index is 13.2. The summed E-state index contributed by atoms with van der Waals surface area (Å²) in [7, 11) is -2.68. The van der Waals surface area contributed by atoms with Crippen molar-refractivity contribution >= 4 is 21.6 Å². The summed E-state index contributed by atoms with van der Waals surface area (Å²) in [5.74, 6) is 0.475. The van der Waals surface area contributed by atoms with Gasteiger partial charge < -0.3 is 4.74 Å². The van der Waals surface area contributed by atoms with Crippen LogP contribution in [0.3, 0.4) is 0 Å². The summed E-state index contributed by atoms with van der Waals surface area (Å²) in [6.45, 7) is -0.333. The predicted octanol–water partition coefficient (Wildman–Crippen LogP) is 5.77. The topological polar surface area (TPSA) is 46.6 Å². The third-order valence-corrected chi connectivity index (χ3v) is 6.28. The minimum absolute atomic E-state index is 0.0264.